The number of amides is 2. The minimum atomic E-state index is -1.73. The molecule has 0 saturated carbocycles. The molecule has 2 aromatic heterocycles. The van der Waals surface area contributed by atoms with Crippen LogP contribution >= 0.6 is 15.9 Å². The van der Waals surface area contributed by atoms with E-state index in [1.165, 1.54) is 43.4 Å². The zero-order valence-electron chi connectivity index (χ0n) is 34.2. The number of hydrogen-bond donors (Lipinski definition) is 2. The Morgan fingerprint density at radius 2 is 1.26 bits per heavy atom. The van der Waals surface area contributed by atoms with Gasteiger partial charge >= 0.3 is 11.9 Å². The van der Waals surface area contributed by atoms with Crippen molar-refractivity contribution in [1.82, 2.24) is 29.4 Å². The number of terminal acetylenes is 1. The molecule has 4 heterocycles. The van der Waals surface area contributed by atoms with Crippen LogP contribution in [0.15, 0.2) is 40.9 Å². The molecular formula is C44H45BrF2N6O8. The van der Waals surface area contributed by atoms with Gasteiger partial charge in [0.05, 0.1) is 13.2 Å². The molecule has 0 bridgehead atoms. The minimum absolute atomic E-state index is 0.164. The molecule has 4 aromatic rings. The third-order valence-corrected chi connectivity index (χ3v) is 11.3. The maximum Gasteiger partial charge on any atom is 0.359 e. The van der Waals surface area contributed by atoms with Gasteiger partial charge in [0.25, 0.3) is 11.8 Å². The molecule has 2 aromatic carbocycles. The maximum atomic E-state index is 14.7. The Morgan fingerprint density at radius 3 is 1.70 bits per heavy atom. The molecule has 320 valence electrons. The quantitative estimate of drug-likeness (QED) is 0.211. The first kappa shape index (κ1) is 44.7. The van der Waals surface area contributed by atoms with E-state index >= 15 is 0 Å². The number of esters is 2. The van der Waals surface area contributed by atoms with E-state index in [4.69, 9.17) is 15.9 Å². The Bertz CT molecular complexity index is 2500. The second-order valence-corrected chi connectivity index (χ2v) is 15.8. The minimum Gasteiger partial charge on any atom is -0.461 e. The summed E-state index contributed by atoms with van der Waals surface area (Å²) >= 11 is 3.34. The summed E-state index contributed by atoms with van der Waals surface area (Å²) in [5, 5.41) is 28.4. The number of aromatic nitrogens is 4. The number of aliphatic hydroxyl groups is 2. The third kappa shape index (κ3) is 9.10. The molecule has 14 nitrogen and oxygen atoms in total. The van der Waals surface area contributed by atoms with Gasteiger partial charge in [-0.25, -0.2) is 27.7 Å². The van der Waals surface area contributed by atoms with E-state index in [0.29, 0.717) is 55.9 Å². The molecule has 17 heteroatoms. The van der Waals surface area contributed by atoms with Crippen LogP contribution in [0.5, 0.6) is 0 Å². The number of rotatable bonds is 6. The average molecular weight is 904 g/mol. The predicted octanol–water partition coefficient (Wildman–Crippen LogP) is 4.27. The van der Waals surface area contributed by atoms with Crippen molar-refractivity contribution >= 4 is 39.7 Å². The molecule has 8 rings (SSSR count). The van der Waals surface area contributed by atoms with Gasteiger partial charge in [-0.15, -0.1) is 6.42 Å². The highest BCUT2D eigenvalue weighted by molar-refractivity contribution is 9.10. The summed E-state index contributed by atoms with van der Waals surface area (Å²) in [5.74, 6) is 4.86. The molecule has 61 heavy (non-hydrogen) atoms. The van der Waals surface area contributed by atoms with Crippen LogP contribution in [0.3, 0.4) is 0 Å². The van der Waals surface area contributed by atoms with E-state index in [9.17, 15) is 38.2 Å². The van der Waals surface area contributed by atoms with Gasteiger partial charge in [0, 0.05) is 72.6 Å². The molecule has 2 fully saturated rings. The number of ether oxygens (including phenoxy) is 2. The highest BCUT2D eigenvalue weighted by Gasteiger charge is 2.43. The van der Waals surface area contributed by atoms with Crippen molar-refractivity contribution in [3.63, 3.8) is 0 Å². The number of carbonyl (C=O) groups is 4. The molecule has 2 atom stereocenters. The summed E-state index contributed by atoms with van der Waals surface area (Å²) in [7, 11) is 3.23. The first-order valence-corrected chi connectivity index (χ1v) is 20.6. The van der Waals surface area contributed by atoms with Crippen LogP contribution in [-0.4, -0.2) is 115 Å². The van der Waals surface area contributed by atoms with Crippen molar-refractivity contribution in [2.75, 3.05) is 40.4 Å². The number of likely N-dealkylation sites (tertiary alicyclic amines) is 2. The molecule has 2 aliphatic carbocycles. The van der Waals surface area contributed by atoms with E-state index < -0.39 is 34.9 Å². The summed E-state index contributed by atoms with van der Waals surface area (Å²) in [4.78, 5) is 50.2. The standard InChI is InChI=1S/C22H22FN3O4.C15H14BrFN2O2.C7H9NO2/c1-3-30-20(27)19-15-5-4-6-17(15)26(24-19)18-13-14(7-8-16(18)23)9-10-22(29)11-12-25(2)21(22)28;1-2-21-15(20)14-10-4-3-5-12(10)19(18-14)13-8-9(16)6-7-11(13)17;1-3-7(10)4-5-8(2)6(7)9/h7-8,13,29H,3-6,11-12H2,1-2H3;6-8H,2-5H2,1H3;1,10H,4-5H2,2H3/t22-;;7-/m0.0/s1. The van der Waals surface area contributed by atoms with Gasteiger partial charge in [-0.2, -0.15) is 10.2 Å². The number of halogens is 3. The Labute approximate surface area is 359 Å². The summed E-state index contributed by atoms with van der Waals surface area (Å²) < 4.78 is 42.6. The third-order valence-electron chi connectivity index (χ3n) is 10.8. The molecule has 0 spiro atoms. The lowest BCUT2D eigenvalue weighted by Crippen LogP contribution is -2.37. The summed E-state index contributed by atoms with van der Waals surface area (Å²) in [6.45, 7) is 4.97. The summed E-state index contributed by atoms with van der Waals surface area (Å²) in [6.07, 6.45) is 10.3. The van der Waals surface area contributed by atoms with Crippen molar-refractivity contribution in [3.8, 4) is 35.6 Å². The first-order chi connectivity index (χ1) is 29.0. The number of likely N-dealkylation sites (N-methyl/N-ethyl adjacent to an activating group) is 2. The Morgan fingerprint density at radius 1 is 0.787 bits per heavy atom. The molecular weight excluding hydrogens is 858 g/mol. The monoisotopic (exact) mass is 902 g/mol. The van der Waals surface area contributed by atoms with Crippen LogP contribution in [0, 0.1) is 35.8 Å². The van der Waals surface area contributed by atoms with Crippen LogP contribution in [0.25, 0.3) is 11.4 Å². The molecule has 2 saturated heterocycles. The Balaban J connectivity index is 0.000000173. The van der Waals surface area contributed by atoms with E-state index in [-0.39, 0.29) is 36.1 Å². The zero-order valence-corrected chi connectivity index (χ0v) is 35.8. The first-order valence-electron chi connectivity index (χ1n) is 19.8. The molecule has 2 amide bonds. The molecule has 2 N–H and O–H groups in total. The topological polar surface area (TPSA) is 169 Å². The van der Waals surface area contributed by atoms with Crippen molar-refractivity contribution in [3.05, 3.63) is 92.0 Å². The van der Waals surface area contributed by atoms with Crippen LogP contribution in [0.2, 0.25) is 0 Å². The average Bonchev–Trinajstić information content (AvgIpc) is 4.10. The van der Waals surface area contributed by atoms with E-state index in [1.807, 2.05) is 0 Å². The number of nitrogens with zero attached hydrogens (tertiary/aromatic N) is 6. The van der Waals surface area contributed by atoms with E-state index in [2.05, 4.69) is 43.9 Å². The number of hydrogen-bond acceptors (Lipinski definition) is 10. The molecule has 2 aliphatic heterocycles. The van der Waals surface area contributed by atoms with Crippen molar-refractivity contribution in [2.45, 2.75) is 76.4 Å². The van der Waals surface area contributed by atoms with Crippen LogP contribution < -0.4 is 0 Å². The number of benzene rings is 2. The van der Waals surface area contributed by atoms with E-state index in [0.717, 1.165) is 52.7 Å². The normalized spacial score (nSPS) is 19.8. The Hall–Kier alpha value is -5.88. The SMILES string of the molecule is C#C[C@]1(O)CCN(C)C1=O.CCOC(=O)c1nn(-c2cc(Br)ccc2F)c2c1CCC2.CCOC(=O)c1nn(-c2cc(C#C[C@]3(O)CCN(C)C3=O)ccc2F)c2c1CCC2. The number of fused-ring (bicyclic) bond motifs is 2. The largest absolute Gasteiger partial charge is 0.461 e. The zero-order chi connectivity index (χ0) is 44.2. The maximum absolute atomic E-state index is 14.7. The van der Waals surface area contributed by atoms with Gasteiger partial charge in [0.1, 0.15) is 23.0 Å². The number of carbonyl (C=O) groups excluding carboxylic acids is 4. The van der Waals surface area contributed by atoms with Crippen molar-refractivity contribution in [1.29, 1.82) is 0 Å². The lowest BCUT2D eigenvalue weighted by atomic mass is 10.0. The van der Waals surface area contributed by atoms with E-state index in [1.54, 1.807) is 40.1 Å². The Kier molecular flexibility index (Phi) is 13.5. The highest BCUT2D eigenvalue weighted by Crippen LogP contribution is 2.32. The molecule has 0 unspecified atom stereocenters. The highest BCUT2D eigenvalue weighted by atomic mass is 79.9. The fourth-order valence-corrected chi connectivity index (χ4v) is 7.88. The van der Waals surface area contributed by atoms with Crippen molar-refractivity contribution in [2.24, 2.45) is 0 Å². The van der Waals surface area contributed by atoms with Crippen LogP contribution in [-0.2, 0) is 44.7 Å². The second-order valence-electron chi connectivity index (χ2n) is 14.8. The van der Waals surface area contributed by atoms with Gasteiger partial charge < -0.3 is 29.5 Å². The van der Waals surface area contributed by atoms with Gasteiger partial charge in [-0.05, 0) is 88.8 Å². The van der Waals surface area contributed by atoms with Gasteiger partial charge in [0.2, 0.25) is 11.2 Å². The van der Waals surface area contributed by atoms with Gasteiger partial charge in [-0.1, -0.05) is 33.7 Å². The fraction of sp³-hybridized carbons (Fsp3) is 0.409. The second kappa shape index (κ2) is 18.4. The molecule has 0 radical (unpaired) electrons. The predicted molar refractivity (Wildman–Crippen MR) is 221 cm³/mol. The van der Waals surface area contributed by atoms with Gasteiger partial charge in [-0.3, -0.25) is 9.59 Å². The van der Waals surface area contributed by atoms with Crippen LogP contribution in [0.1, 0.15) is 88.6 Å². The molecule has 4 aliphatic rings. The van der Waals surface area contributed by atoms with Gasteiger partial charge in [0.15, 0.2) is 11.4 Å². The lowest BCUT2D eigenvalue weighted by Gasteiger charge is -2.13. The van der Waals surface area contributed by atoms with Crippen molar-refractivity contribution < 1.29 is 47.6 Å². The summed E-state index contributed by atoms with van der Waals surface area (Å²) in [6, 6.07) is 8.93. The lowest BCUT2D eigenvalue weighted by molar-refractivity contribution is -0.138. The van der Waals surface area contributed by atoms with Crippen LogP contribution in [0.4, 0.5) is 8.78 Å². The fourth-order valence-electron chi connectivity index (χ4n) is 7.53. The summed E-state index contributed by atoms with van der Waals surface area (Å²) in [5.41, 5.74) is 1.58. The smallest absolute Gasteiger partial charge is 0.359 e.